The molecule has 1 fully saturated rings. The summed E-state index contributed by atoms with van der Waals surface area (Å²) in [6.45, 7) is 2.23. The predicted octanol–water partition coefficient (Wildman–Crippen LogP) is 4.63. The summed E-state index contributed by atoms with van der Waals surface area (Å²) in [6.07, 6.45) is 3.27. The van der Waals surface area contributed by atoms with Crippen LogP contribution in [0.25, 0.3) is 0 Å². The van der Waals surface area contributed by atoms with Crippen LogP contribution in [0.15, 0.2) is 9.85 Å². The maximum absolute atomic E-state index is 10.3. The zero-order valence-electron chi connectivity index (χ0n) is 8.54. The molecule has 0 aliphatic heterocycles. The molecule has 1 aromatic heterocycles. The van der Waals surface area contributed by atoms with Crippen molar-refractivity contribution in [3.63, 3.8) is 0 Å². The molecule has 0 bridgehead atoms. The molecule has 0 radical (unpaired) electrons. The van der Waals surface area contributed by atoms with Crippen LogP contribution in [-0.4, -0.2) is 5.11 Å². The first-order valence-corrected chi connectivity index (χ1v) is 7.21. The van der Waals surface area contributed by atoms with Gasteiger partial charge in [0.2, 0.25) is 0 Å². The second kappa shape index (κ2) is 4.74. The van der Waals surface area contributed by atoms with E-state index in [0.29, 0.717) is 16.9 Å². The van der Waals surface area contributed by atoms with Crippen LogP contribution in [0.5, 0.6) is 0 Å². The third kappa shape index (κ3) is 2.41. The summed E-state index contributed by atoms with van der Waals surface area (Å²) in [5.74, 6) is 1.03. The molecule has 1 nitrogen and oxygen atoms in total. The molecule has 1 N–H and O–H groups in total. The molecular weight excluding hydrogens is 296 g/mol. The molecule has 3 atom stereocenters. The number of hydrogen-bond donors (Lipinski definition) is 1. The third-order valence-electron chi connectivity index (χ3n) is 3.29. The second-order valence-corrected chi connectivity index (χ2v) is 7.10. The van der Waals surface area contributed by atoms with Crippen molar-refractivity contribution in [2.75, 3.05) is 0 Å². The quantitative estimate of drug-likeness (QED) is 0.844. The molecule has 1 aliphatic carbocycles. The van der Waals surface area contributed by atoms with E-state index in [0.717, 1.165) is 15.1 Å². The van der Waals surface area contributed by atoms with Gasteiger partial charge in [-0.05, 0) is 40.3 Å². The Hall–Kier alpha value is 0.430. The summed E-state index contributed by atoms with van der Waals surface area (Å²) in [5.41, 5.74) is 0. The molecule has 0 amide bonds. The Balaban J connectivity index is 2.16. The van der Waals surface area contributed by atoms with Gasteiger partial charge in [-0.1, -0.05) is 31.4 Å². The topological polar surface area (TPSA) is 20.2 Å². The highest BCUT2D eigenvalue weighted by molar-refractivity contribution is 9.11. The van der Waals surface area contributed by atoms with E-state index < -0.39 is 0 Å². The SMILES string of the molecule is CC1CCCC1C(O)c1cc(Cl)c(Br)s1. The molecule has 1 saturated carbocycles. The van der Waals surface area contributed by atoms with Crippen LogP contribution in [0.2, 0.25) is 5.02 Å². The minimum absolute atomic E-state index is 0.337. The van der Waals surface area contributed by atoms with Gasteiger partial charge in [0.1, 0.15) is 0 Å². The van der Waals surface area contributed by atoms with Gasteiger partial charge in [0, 0.05) is 4.88 Å². The van der Waals surface area contributed by atoms with E-state index >= 15 is 0 Å². The van der Waals surface area contributed by atoms with Gasteiger partial charge in [0.15, 0.2) is 0 Å². The fourth-order valence-electron chi connectivity index (χ4n) is 2.36. The second-order valence-electron chi connectivity index (χ2n) is 4.29. The highest BCUT2D eigenvalue weighted by Crippen LogP contribution is 2.44. The summed E-state index contributed by atoms with van der Waals surface area (Å²) in [6, 6.07) is 1.88. The highest BCUT2D eigenvalue weighted by Gasteiger charge is 2.31. The van der Waals surface area contributed by atoms with E-state index in [4.69, 9.17) is 11.6 Å². The Kier molecular flexibility index (Phi) is 3.76. The van der Waals surface area contributed by atoms with Crippen LogP contribution in [0.1, 0.15) is 37.2 Å². The molecule has 4 heteroatoms. The highest BCUT2D eigenvalue weighted by atomic mass is 79.9. The summed E-state index contributed by atoms with van der Waals surface area (Å²) >= 11 is 10.9. The molecule has 1 aromatic rings. The maximum Gasteiger partial charge on any atom is 0.0913 e. The molecule has 84 valence electrons. The largest absolute Gasteiger partial charge is 0.387 e. The number of aliphatic hydroxyl groups is 1. The van der Waals surface area contributed by atoms with E-state index in [1.54, 1.807) is 11.3 Å². The molecule has 0 spiro atoms. The lowest BCUT2D eigenvalue weighted by molar-refractivity contribution is 0.0933. The van der Waals surface area contributed by atoms with Crippen molar-refractivity contribution >= 4 is 38.9 Å². The molecular formula is C11H14BrClOS. The smallest absolute Gasteiger partial charge is 0.0913 e. The Bertz CT molecular complexity index is 333. The van der Waals surface area contributed by atoms with Crippen molar-refractivity contribution in [3.8, 4) is 0 Å². The first-order chi connectivity index (χ1) is 7.09. The zero-order chi connectivity index (χ0) is 11.0. The molecule has 3 unspecified atom stereocenters. The molecule has 1 heterocycles. The predicted molar refractivity (Wildman–Crippen MR) is 68.5 cm³/mol. The Morgan fingerprint density at radius 1 is 1.60 bits per heavy atom. The number of halogens is 2. The van der Waals surface area contributed by atoms with Crippen LogP contribution in [0.3, 0.4) is 0 Å². The van der Waals surface area contributed by atoms with Crippen LogP contribution >= 0.6 is 38.9 Å². The number of rotatable bonds is 2. The van der Waals surface area contributed by atoms with Gasteiger partial charge in [0.25, 0.3) is 0 Å². The van der Waals surface area contributed by atoms with Gasteiger partial charge >= 0.3 is 0 Å². The summed E-state index contributed by atoms with van der Waals surface area (Å²) in [7, 11) is 0. The number of thiophene rings is 1. The Labute approximate surface area is 108 Å². The average molecular weight is 310 g/mol. The Morgan fingerprint density at radius 3 is 2.80 bits per heavy atom. The molecule has 0 saturated heterocycles. The van der Waals surface area contributed by atoms with E-state index in [1.807, 2.05) is 6.07 Å². The lowest BCUT2D eigenvalue weighted by Crippen LogP contribution is -2.13. The van der Waals surface area contributed by atoms with Gasteiger partial charge in [-0.3, -0.25) is 0 Å². The normalized spacial score (nSPS) is 28.3. The molecule has 1 aliphatic rings. The monoisotopic (exact) mass is 308 g/mol. The van der Waals surface area contributed by atoms with Gasteiger partial charge in [0.05, 0.1) is 14.9 Å². The molecule has 15 heavy (non-hydrogen) atoms. The van der Waals surface area contributed by atoms with Crippen molar-refractivity contribution in [2.24, 2.45) is 11.8 Å². The van der Waals surface area contributed by atoms with Crippen molar-refractivity contribution in [2.45, 2.75) is 32.3 Å². The zero-order valence-corrected chi connectivity index (χ0v) is 11.7. The van der Waals surface area contributed by atoms with E-state index in [2.05, 4.69) is 22.9 Å². The molecule has 2 rings (SSSR count). The summed E-state index contributed by atoms with van der Waals surface area (Å²) in [5, 5.41) is 11.0. The summed E-state index contributed by atoms with van der Waals surface area (Å²) in [4.78, 5) is 0.991. The van der Waals surface area contributed by atoms with E-state index in [-0.39, 0.29) is 6.10 Å². The van der Waals surface area contributed by atoms with Crippen LogP contribution in [0.4, 0.5) is 0 Å². The number of aliphatic hydroxyl groups excluding tert-OH is 1. The van der Waals surface area contributed by atoms with Crippen LogP contribution < -0.4 is 0 Å². The third-order valence-corrected chi connectivity index (χ3v) is 5.83. The number of hydrogen-bond acceptors (Lipinski definition) is 2. The van der Waals surface area contributed by atoms with Gasteiger partial charge in [-0.25, -0.2) is 0 Å². The average Bonchev–Trinajstić information content (AvgIpc) is 2.74. The molecule has 0 aromatic carbocycles. The van der Waals surface area contributed by atoms with Crippen molar-refractivity contribution < 1.29 is 5.11 Å². The first-order valence-electron chi connectivity index (χ1n) is 5.22. The van der Waals surface area contributed by atoms with Crippen molar-refractivity contribution in [3.05, 3.63) is 19.8 Å². The van der Waals surface area contributed by atoms with E-state index in [9.17, 15) is 5.11 Å². The maximum atomic E-state index is 10.3. The van der Waals surface area contributed by atoms with E-state index in [1.165, 1.54) is 12.8 Å². The van der Waals surface area contributed by atoms with Crippen LogP contribution in [0, 0.1) is 11.8 Å². The minimum Gasteiger partial charge on any atom is -0.387 e. The lowest BCUT2D eigenvalue weighted by Gasteiger charge is -2.20. The standard InChI is InChI=1S/C11H14BrClOS/c1-6-3-2-4-7(6)10(14)9-5-8(13)11(12)15-9/h5-7,10,14H,2-4H2,1H3. The first kappa shape index (κ1) is 11.9. The fourth-order valence-corrected chi connectivity index (χ4v) is 4.17. The lowest BCUT2D eigenvalue weighted by atomic mass is 9.91. The summed E-state index contributed by atoms with van der Waals surface area (Å²) < 4.78 is 0.920. The van der Waals surface area contributed by atoms with Crippen molar-refractivity contribution in [1.29, 1.82) is 0 Å². The van der Waals surface area contributed by atoms with Gasteiger partial charge in [-0.2, -0.15) is 0 Å². The fraction of sp³-hybridized carbons (Fsp3) is 0.636. The van der Waals surface area contributed by atoms with Gasteiger partial charge < -0.3 is 5.11 Å². The van der Waals surface area contributed by atoms with Crippen molar-refractivity contribution in [1.82, 2.24) is 0 Å². The minimum atomic E-state index is -0.337. The van der Waals surface area contributed by atoms with Crippen LogP contribution in [-0.2, 0) is 0 Å². The van der Waals surface area contributed by atoms with Gasteiger partial charge in [-0.15, -0.1) is 11.3 Å². The Morgan fingerprint density at radius 2 is 2.33 bits per heavy atom.